The average molecular weight is 245 g/mol. The number of ketones is 1. The van der Waals surface area contributed by atoms with E-state index in [9.17, 15) is 15.0 Å². The van der Waals surface area contributed by atoms with Crippen molar-refractivity contribution in [1.29, 1.82) is 5.26 Å². The minimum atomic E-state index is -1.10. The Morgan fingerprint density at radius 3 is 2.44 bits per heavy atom. The van der Waals surface area contributed by atoms with Gasteiger partial charge in [0.15, 0.2) is 5.78 Å². The highest BCUT2D eigenvalue weighted by Crippen LogP contribution is 2.32. The largest absolute Gasteiger partial charge is 0.389 e. The van der Waals surface area contributed by atoms with Crippen LogP contribution in [0.15, 0.2) is 24.3 Å². The molecule has 0 saturated heterocycles. The van der Waals surface area contributed by atoms with Gasteiger partial charge in [0.25, 0.3) is 0 Å². The van der Waals surface area contributed by atoms with Crippen molar-refractivity contribution in [1.82, 2.24) is 0 Å². The third-order valence-electron chi connectivity index (χ3n) is 3.15. The molecule has 0 bridgehead atoms. The molecule has 18 heavy (non-hydrogen) atoms. The van der Waals surface area contributed by atoms with E-state index in [-0.39, 0.29) is 18.1 Å². The second-order valence-corrected chi connectivity index (χ2v) is 4.63. The Bertz CT molecular complexity index is 471. The van der Waals surface area contributed by atoms with Gasteiger partial charge in [0, 0.05) is 11.5 Å². The van der Waals surface area contributed by atoms with E-state index in [1.54, 1.807) is 30.3 Å². The molecule has 0 radical (unpaired) electrons. The van der Waals surface area contributed by atoms with Crippen LogP contribution in [-0.4, -0.2) is 22.1 Å². The van der Waals surface area contributed by atoms with E-state index in [1.165, 1.54) is 0 Å². The number of Topliss-reactive ketones (excluding diaryl/α,β-unsaturated/α-hetero) is 1. The summed E-state index contributed by atoms with van der Waals surface area (Å²) in [5.41, 5.74) is 1.16. The molecule has 0 heterocycles. The van der Waals surface area contributed by atoms with Crippen molar-refractivity contribution in [3.63, 3.8) is 0 Å². The molecule has 2 atom stereocenters. The van der Waals surface area contributed by atoms with Gasteiger partial charge in [-0.2, -0.15) is 5.26 Å². The first-order chi connectivity index (χ1) is 8.63. The zero-order chi connectivity index (χ0) is 13.1. The van der Waals surface area contributed by atoms with E-state index in [4.69, 9.17) is 5.26 Å². The predicted molar refractivity (Wildman–Crippen MR) is 64.7 cm³/mol. The minimum absolute atomic E-state index is 0.121. The number of benzene rings is 1. The fourth-order valence-electron chi connectivity index (χ4n) is 1.85. The molecule has 1 aliphatic rings. The fourth-order valence-corrected chi connectivity index (χ4v) is 1.85. The van der Waals surface area contributed by atoms with Crippen LogP contribution < -0.4 is 0 Å². The van der Waals surface area contributed by atoms with Gasteiger partial charge in [-0.25, -0.2) is 0 Å². The number of aliphatic hydroxyl groups is 2. The molecule has 1 aromatic carbocycles. The number of nitrogens with zero attached hydrogens (tertiary/aromatic N) is 1. The fraction of sp³-hybridized carbons (Fsp3) is 0.429. The summed E-state index contributed by atoms with van der Waals surface area (Å²) in [4.78, 5) is 11.8. The Kier molecular flexibility index (Phi) is 3.75. The summed E-state index contributed by atoms with van der Waals surface area (Å²) in [7, 11) is 0. The number of hydrogen-bond acceptors (Lipinski definition) is 4. The number of carbonyl (C=O) groups excluding carboxylic acids is 1. The summed E-state index contributed by atoms with van der Waals surface area (Å²) in [6, 6.07) is 8.39. The van der Waals surface area contributed by atoms with E-state index >= 15 is 0 Å². The van der Waals surface area contributed by atoms with Crippen LogP contribution in [0.3, 0.4) is 0 Å². The summed E-state index contributed by atoms with van der Waals surface area (Å²) in [5, 5.41) is 27.7. The SMILES string of the molecule is N#CCC(O)C(O)c1ccc(C(=O)C2CC2)cc1. The van der Waals surface area contributed by atoms with Crippen LogP contribution in [0.2, 0.25) is 0 Å². The summed E-state index contributed by atoms with van der Waals surface area (Å²) in [6.07, 6.45) is -0.382. The van der Waals surface area contributed by atoms with Crippen LogP contribution in [-0.2, 0) is 0 Å². The van der Waals surface area contributed by atoms with Gasteiger partial charge in [-0.1, -0.05) is 24.3 Å². The highest BCUT2D eigenvalue weighted by Gasteiger charge is 2.30. The second-order valence-electron chi connectivity index (χ2n) is 4.63. The summed E-state index contributed by atoms with van der Waals surface area (Å²) in [5.74, 6) is 0.318. The van der Waals surface area contributed by atoms with Crippen LogP contribution in [0.4, 0.5) is 0 Å². The van der Waals surface area contributed by atoms with E-state index in [2.05, 4.69) is 0 Å². The molecule has 1 aliphatic carbocycles. The first-order valence-electron chi connectivity index (χ1n) is 6.00. The van der Waals surface area contributed by atoms with Crippen molar-refractivity contribution < 1.29 is 15.0 Å². The molecule has 0 aromatic heterocycles. The van der Waals surface area contributed by atoms with Crippen LogP contribution in [0, 0.1) is 17.2 Å². The minimum Gasteiger partial charge on any atom is -0.389 e. The van der Waals surface area contributed by atoms with Crippen molar-refractivity contribution in [3.05, 3.63) is 35.4 Å². The van der Waals surface area contributed by atoms with E-state index in [1.807, 2.05) is 0 Å². The Morgan fingerprint density at radius 2 is 1.94 bits per heavy atom. The zero-order valence-corrected chi connectivity index (χ0v) is 9.91. The third kappa shape index (κ3) is 2.76. The molecular formula is C14H15NO3. The molecule has 1 saturated carbocycles. The predicted octanol–water partition coefficient (Wildman–Crippen LogP) is 1.59. The quantitative estimate of drug-likeness (QED) is 0.772. The van der Waals surface area contributed by atoms with Crippen molar-refractivity contribution in [2.24, 2.45) is 5.92 Å². The molecule has 94 valence electrons. The summed E-state index contributed by atoms with van der Waals surface area (Å²) in [6.45, 7) is 0. The van der Waals surface area contributed by atoms with Gasteiger partial charge in [-0.3, -0.25) is 4.79 Å². The zero-order valence-electron chi connectivity index (χ0n) is 9.91. The topological polar surface area (TPSA) is 81.3 Å². The number of aliphatic hydroxyl groups excluding tert-OH is 2. The Labute approximate surface area is 105 Å². The molecular weight excluding hydrogens is 230 g/mol. The second kappa shape index (κ2) is 5.30. The molecule has 2 N–H and O–H groups in total. The summed E-state index contributed by atoms with van der Waals surface area (Å²) < 4.78 is 0. The van der Waals surface area contributed by atoms with Crippen molar-refractivity contribution >= 4 is 5.78 Å². The van der Waals surface area contributed by atoms with Crippen molar-refractivity contribution in [3.8, 4) is 6.07 Å². The van der Waals surface area contributed by atoms with Crippen LogP contribution >= 0.6 is 0 Å². The van der Waals surface area contributed by atoms with Gasteiger partial charge in [0.1, 0.15) is 6.10 Å². The number of hydrogen-bond donors (Lipinski definition) is 2. The van der Waals surface area contributed by atoms with E-state index in [0.29, 0.717) is 11.1 Å². The maximum Gasteiger partial charge on any atom is 0.165 e. The van der Waals surface area contributed by atoms with Gasteiger partial charge in [-0.15, -0.1) is 0 Å². The number of carbonyl (C=O) groups is 1. The summed E-state index contributed by atoms with van der Waals surface area (Å²) >= 11 is 0. The van der Waals surface area contributed by atoms with Crippen LogP contribution in [0.25, 0.3) is 0 Å². The van der Waals surface area contributed by atoms with Crippen molar-refractivity contribution in [2.45, 2.75) is 31.5 Å². The Balaban J connectivity index is 2.07. The van der Waals surface area contributed by atoms with E-state index < -0.39 is 12.2 Å². The van der Waals surface area contributed by atoms with Crippen LogP contribution in [0.1, 0.15) is 41.3 Å². The molecule has 1 aromatic rings. The van der Waals surface area contributed by atoms with Gasteiger partial charge in [-0.05, 0) is 18.4 Å². The lowest BCUT2D eigenvalue weighted by Crippen LogP contribution is -2.17. The number of rotatable bonds is 5. The van der Waals surface area contributed by atoms with Gasteiger partial charge in [0.05, 0.1) is 18.6 Å². The lowest BCUT2D eigenvalue weighted by molar-refractivity contribution is 0.0216. The third-order valence-corrected chi connectivity index (χ3v) is 3.15. The molecule has 2 rings (SSSR count). The normalized spacial score (nSPS) is 17.8. The molecule has 1 fully saturated rings. The van der Waals surface area contributed by atoms with E-state index in [0.717, 1.165) is 12.8 Å². The molecule has 4 nitrogen and oxygen atoms in total. The molecule has 2 unspecified atom stereocenters. The smallest absolute Gasteiger partial charge is 0.165 e. The maximum absolute atomic E-state index is 11.8. The monoisotopic (exact) mass is 245 g/mol. The maximum atomic E-state index is 11.8. The first kappa shape index (κ1) is 12.7. The molecule has 0 aliphatic heterocycles. The highest BCUT2D eigenvalue weighted by molar-refractivity contribution is 5.99. The first-order valence-corrected chi connectivity index (χ1v) is 6.00. The van der Waals surface area contributed by atoms with Gasteiger partial charge >= 0.3 is 0 Å². The highest BCUT2D eigenvalue weighted by atomic mass is 16.3. The lowest BCUT2D eigenvalue weighted by Gasteiger charge is -2.15. The Hall–Kier alpha value is -1.70. The van der Waals surface area contributed by atoms with Gasteiger partial charge in [0.2, 0.25) is 0 Å². The number of nitriles is 1. The molecule has 0 spiro atoms. The van der Waals surface area contributed by atoms with Gasteiger partial charge < -0.3 is 10.2 Å². The average Bonchev–Trinajstić information content (AvgIpc) is 3.22. The molecule has 4 heteroatoms. The standard InChI is InChI=1S/C14H15NO3/c15-8-7-12(16)14(18)11-5-3-10(4-6-11)13(17)9-1-2-9/h3-6,9,12,14,16,18H,1-2,7H2. The lowest BCUT2D eigenvalue weighted by atomic mass is 9.99. The Morgan fingerprint density at radius 1 is 1.33 bits per heavy atom. The van der Waals surface area contributed by atoms with Crippen molar-refractivity contribution in [2.75, 3.05) is 0 Å². The molecule has 0 amide bonds. The van der Waals surface area contributed by atoms with Crippen LogP contribution in [0.5, 0.6) is 0 Å².